The molecule has 0 N–H and O–H groups in total. The molecule has 3 aromatic rings. The number of carbonyl (C=O) groups excluding carboxylic acids is 1. The van der Waals surface area contributed by atoms with Crippen LogP contribution in [0.2, 0.25) is 0 Å². The molecule has 4 fully saturated rings. The van der Waals surface area contributed by atoms with Crippen LogP contribution >= 0.6 is 7.26 Å². The summed E-state index contributed by atoms with van der Waals surface area (Å²) in [5.41, 5.74) is -0.0572. The average molecular weight is 475 g/mol. The molecule has 0 amide bonds. The van der Waals surface area contributed by atoms with Crippen LogP contribution in [0, 0.1) is 23.2 Å². The zero-order chi connectivity index (χ0) is 21.6. The molecule has 3 aromatic carbocycles. The Kier molecular flexibility index (Phi) is 6.23. The van der Waals surface area contributed by atoms with E-state index in [1.165, 1.54) is 35.2 Å². The van der Waals surface area contributed by atoms with E-state index in [2.05, 4.69) is 91.0 Å². The highest BCUT2D eigenvalue weighted by molar-refractivity contribution is 7.96. The molecule has 0 saturated heterocycles. The first kappa shape index (κ1) is 22.8. The molecule has 4 saturated carbocycles. The number of benzene rings is 3. The summed E-state index contributed by atoms with van der Waals surface area (Å²) in [4.78, 5) is 14.5. The Balaban J connectivity index is 0.00000228. The highest BCUT2D eigenvalue weighted by Crippen LogP contribution is 2.63. The van der Waals surface area contributed by atoms with E-state index in [1.54, 1.807) is 0 Å². The van der Waals surface area contributed by atoms with Gasteiger partial charge in [-0.05, 0) is 92.7 Å². The SMILES string of the molecule is O=C(C[P+](c1ccccc1)(c1ccccc1)c1ccccc1)C12CC3CC(CC(C3)C1)C2.[Cl-]. The first-order valence-corrected chi connectivity index (χ1v) is 14.2. The van der Waals surface area contributed by atoms with E-state index in [0.717, 1.165) is 37.0 Å². The third kappa shape index (κ3) is 3.88. The van der Waals surface area contributed by atoms with Crippen molar-refractivity contribution >= 4 is 29.0 Å². The molecule has 0 spiro atoms. The van der Waals surface area contributed by atoms with Crippen LogP contribution in [0.25, 0.3) is 0 Å². The monoisotopic (exact) mass is 474 g/mol. The van der Waals surface area contributed by atoms with E-state index in [0.29, 0.717) is 11.9 Å². The highest BCUT2D eigenvalue weighted by atomic mass is 35.5. The number of halogens is 1. The summed E-state index contributed by atoms with van der Waals surface area (Å²) in [5, 5.41) is 3.99. The minimum atomic E-state index is -2.08. The van der Waals surface area contributed by atoms with Crippen LogP contribution in [0.3, 0.4) is 0 Å². The van der Waals surface area contributed by atoms with Crippen LogP contribution < -0.4 is 28.3 Å². The van der Waals surface area contributed by atoms with Crippen LogP contribution in [-0.4, -0.2) is 11.9 Å². The molecule has 4 aliphatic carbocycles. The second kappa shape index (κ2) is 9.01. The molecule has 33 heavy (non-hydrogen) atoms. The van der Waals surface area contributed by atoms with Gasteiger partial charge in [-0.2, -0.15) is 0 Å². The van der Waals surface area contributed by atoms with E-state index in [4.69, 9.17) is 0 Å². The van der Waals surface area contributed by atoms with Crippen molar-refractivity contribution in [2.24, 2.45) is 23.2 Å². The molecule has 3 heteroatoms. The fraction of sp³-hybridized carbons (Fsp3) is 0.367. The van der Waals surface area contributed by atoms with Crippen molar-refractivity contribution in [3.8, 4) is 0 Å². The zero-order valence-corrected chi connectivity index (χ0v) is 20.7. The normalized spacial score (nSPS) is 27.7. The third-order valence-corrected chi connectivity index (χ3v) is 12.9. The molecule has 0 unspecified atom stereocenters. The first-order chi connectivity index (χ1) is 15.7. The van der Waals surface area contributed by atoms with Gasteiger partial charge in [-0.3, -0.25) is 4.79 Å². The van der Waals surface area contributed by atoms with Crippen LogP contribution in [0.5, 0.6) is 0 Å². The van der Waals surface area contributed by atoms with E-state index in [-0.39, 0.29) is 17.8 Å². The molecule has 0 atom stereocenters. The molecule has 4 bridgehead atoms. The highest BCUT2D eigenvalue weighted by Gasteiger charge is 2.58. The van der Waals surface area contributed by atoms with E-state index < -0.39 is 7.26 Å². The molecule has 0 heterocycles. The van der Waals surface area contributed by atoms with Gasteiger partial charge in [-0.15, -0.1) is 0 Å². The summed E-state index contributed by atoms with van der Waals surface area (Å²) in [6.45, 7) is 0. The van der Waals surface area contributed by atoms with Crippen LogP contribution in [0.4, 0.5) is 0 Å². The third-order valence-electron chi connectivity index (χ3n) is 8.60. The van der Waals surface area contributed by atoms with Crippen molar-refractivity contribution in [1.82, 2.24) is 0 Å². The molecular formula is C30H32ClOP. The Bertz CT molecular complexity index is 964. The molecule has 170 valence electrons. The number of hydrogen-bond donors (Lipinski definition) is 0. The molecule has 0 radical (unpaired) electrons. The quantitative estimate of drug-likeness (QED) is 0.502. The summed E-state index contributed by atoms with van der Waals surface area (Å²) >= 11 is 0. The van der Waals surface area contributed by atoms with Crippen LogP contribution in [-0.2, 0) is 4.79 Å². The minimum absolute atomic E-state index is 0. The Hall–Kier alpha value is -1.95. The molecule has 1 nitrogen and oxygen atoms in total. The largest absolute Gasteiger partial charge is 1.00 e. The lowest BCUT2D eigenvalue weighted by molar-refractivity contribution is -0.141. The van der Waals surface area contributed by atoms with E-state index >= 15 is 0 Å². The van der Waals surface area contributed by atoms with E-state index in [1.807, 2.05) is 0 Å². The van der Waals surface area contributed by atoms with Gasteiger partial charge in [0.1, 0.15) is 29.3 Å². The van der Waals surface area contributed by atoms with Gasteiger partial charge in [0.2, 0.25) is 0 Å². The predicted molar refractivity (Wildman–Crippen MR) is 136 cm³/mol. The lowest BCUT2D eigenvalue weighted by Gasteiger charge is -2.56. The number of Topliss-reactive ketones (excluding diaryl/α,β-unsaturated/α-hetero) is 1. The Labute approximate surface area is 204 Å². The Morgan fingerprint density at radius 3 is 1.30 bits per heavy atom. The van der Waals surface area contributed by atoms with Gasteiger partial charge >= 0.3 is 0 Å². The number of carbonyl (C=O) groups is 1. The Morgan fingerprint density at radius 2 is 0.970 bits per heavy atom. The van der Waals surface area contributed by atoms with Crippen molar-refractivity contribution in [3.05, 3.63) is 91.0 Å². The van der Waals surface area contributed by atoms with Crippen molar-refractivity contribution in [2.75, 3.05) is 6.16 Å². The molecule has 7 rings (SSSR count). The van der Waals surface area contributed by atoms with Gasteiger partial charge < -0.3 is 12.4 Å². The Morgan fingerprint density at radius 1 is 0.636 bits per heavy atom. The number of hydrogen-bond acceptors (Lipinski definition) is 1. The van der Waals surface area contributed by atoms with Crippen molar-refractivity contribution < 1.29 is 17.2 Å². The smallest absolute Gasteiger partial charge is 0.177 e. The van der Waals surface area contributed by atoms with Gasteiger partial charge in [-0.25, -0.2) is 0 Å². The number of ketones is 1. The fourth-order valence-corrected chi connectivity index (χ4v) is 11.9. The predicted octanol–water partition coefficient (Wildman–Crippen LogP) is 2.77. The molecular weight excluding hydrogens is 443 g/mol. The van der Waals surface area contributed by atoms with Gasteiger partial charge in [0.15, 0.2) is 5.78 Å². The summed E-state index contributed by atoms with van der Waals surface area (Å²) in [7, 11) is -2.08. The van der Waals surface area contributed by atoms with E-state index in [9.17, 15) is 4.79 Å². The lowest BCUT2D eigenvalue weighted by atomic mass is 9.48. The summed E-state index contributed by atoms with van der Waals surface area (Å²) in [6.07, 6.45) is 8.24. The lowest BCUT2D eigenvalue weighted by Crippen LogP contribution is -3.00. The fourth-order valence-electron chi connectivity index (χ4n) is 7.60. The van der Waals surface area contributed by atoms with Gasteiger partial charge in [0.05, 0.1) is 0 Å². The van der Waals surface area contributed by atoms with Crippen LogP contribution in [0.15, 0.2) is 91.0 Å². The maximum absolute atomic E-state index is 14.5. The summed E-state index contributed by atoms with van der Waals surface area (Å²) in [6, 6.07) is 32.7. The maximum atomic E-state index is 14.5. The van der Waals surface area contributed by atoms with Gasteiger partial charge in [0.25, 0.3) is 0 Å². The maximum Gasteiger partial charge on any atom is 0.177 e. The molecule has 0 aromatic heterocycles. The second-order valence-corrected chi connectivity index (χ2v) is 14.1. The average Bonchev–Trinajstić information content (AvgIpc) is 2.83. The van der Waals surface area contributed by atoms with Crippen molar-refractivity contribution in [1.29, 1.82) is 0 Å². The second-order valence-electron chi connectivity index (χ2n) is 10.6. The topological polar surface area (TPSA) is 17.1 Å². The standard InChI is InChI=1S/C30H32OP.ClH/c31-29(30-19-23-16-24(20-30)18-25(17-23)21-30)22-32(26-10-4-1-5-11-26,27-12-6-2-7-13-27)28-14-8-3-9-15-28;/h1-15,23-25H,16-22H2;1H/q+1;/p-1. The van der Waals surface area contributed by atoms with Crippen molar-refractivity contribution in [3.63, 3.8) is 0 Å². The van der Waals surface area contributed by atoms with Crippen LogP contribution in [0.1, 0.15) is 38.5 Å². The summed E-state index contributed by atoms with van der Waals surface area (Å²) < 4.78 is 0. The molecule has 0 aliphatic heterocycles. The first-order valence-electron chi connectivity index (χ1n) is 12.3. The number of rotatable bonds is 6. The summed E-state index contributed by atoms with van der Waals surface area (Å²) in [5.74, 6) is 2.94. The van der Waals surface area contributed by atoms with Gasteiger partial charge in [-0.1, -0.05) is 54.6 Å². The zero-order valence-electron chi connectivity index (χ0n) is 19.1. The van der Waals surface area contributed by atoms with Gasteiger partial charge in [0, 0.05) is 5.41 Å². The minimum Gasteiger partial charge on any atom is -1.00 e. The van der Waals surface area contributed by atoms with Crippen molar-refractivity contribution in [2.45, 2.75) is 38.5 Å². The molecule has 4 aliphatic rings.